The molecule has 0 amide bonds. The number of esters is 1. The summed E-state index contributed by atoms with van der Waals surface area (Å²) in [5.74, 6) is 0.550. The van der Waals surface area contributed by atoms with Crippen molar-refractivity contribution in [1.29, 1.82) is 0 Å². The van der Waals surface area contributed by atoms with Gasteiger partial charge >= 0.3 is 5.97 Å². The van der Waals surface area contributed by atoms with Gasteiger partial charge in [-0.05, 0) is 90.5 Å². The molecule has 0 spiro atoms. The summed E-state index contributed by atoms with van der Waals surface area (Å²) in [5.41, 5.74) is -0.631. The lowest BCUT2D eigenvalue weighted by molar-refractivity contribution is -0.226. The van der Waals surface area contributed by atoms with Crippen LogP contribution in [0, 0.1) is 39.4 Å². The van der Waals surface area contributed by atoms with Crippen molar-refractivity contribution < 1.29 is 29.3 Å². The highest BCUT2D eigenvalue weighted by atomic mass is 16.5. The van der Waals surface area contributed by atoms with Gasteiger partial charge in [0, 0.05) is 16.9 Å². The van der Waals surface area contributed by atoms with E-state index in [4.69, 9.17) is 9.47 Å². The predicted octanol–water partition coefficient (Wildman–Crippen LogP) is 5.71. The number of aromatic hydroxyl groups is 1. The number of methoxy groups -OCH3 is 1. The molecular weight excluding hydrogens is 480 g/mol. The molecule has 38 heavy (non-hydrogen) atoms. The number of ether oxygens (including phenoxy) is 2. The number of ketones is 1. The molecule has 0 aliphatic heterocycles. The standard InChI is InChI=1S/C32H42O6/c1-29(2)24-18-27(38-28(36)12-8-19-7-9-21(37-6)20(33)17-19)32(5)22-10-11-26(35)31(22,4)15-13-23(32)30(24,3)16-14-25(29)34/h7-9,12,14,16-17,22-24,26-27,33,35H,10-11,13,15,18H2,1-6H3. The van der Waals surface area contributed by atoms with E-state index in [9.17, 15) is 19.8 Å². The number of phenols is 1. The molecule has 3 saturated carbocycles. The van der Waals surface area contributed by atoms with Crippen molar-refractivity contribution in [2.45, 2.75) is 78.9 Å². The number of aliphatic hydroxyl groups is 1. The van der Waals surface area contributed by atoms with Crippen LogP contribution in [0.2, 0.25) is 0 Å². The van der Waals surface area contributed by atoms with E-state index in [1.54, 1.807) is 30.4 Å². The van der Waals surface area contributed by atoms with E-state index in [2.05, 4.69) is 26.8 Å². The number of fused-ring (bicyclic) bond motifs is 5. The first kappa shape index (κ1) is 27.0. The van der Waals surface area contributed by atoms with E-state index < -0.39 is 11.4 Å². The first-order chi connectivity index (χ1) is 17.8. The molecule has 3 fully saturated rings. The van der Waals surface area contributed by atoms with E-state index in [1.165, 1.54) is 13.2 Å². The zero-order valence-electron chi connectivity index (χ0n) is 23.5. The van der Waals surface area contributed by atoms with E-state index in [0.29, 0.717) is 17.7 Å². The average Bonchev–Trinajstić information content (AvgIpc) is 3.17. The molecule has 8 atom stereocenters. The predicted molar refractivity (Wildman–Crippen MR) is 145 cm³/mol. The van der Waals surface area contributed by atoms with E-state index in [-0.39, 0.29) is 57.7 Å². The summed E-state index contributed by atoms with van der Waals surface area (Å²) in [4.78, 5) is 26.3. The third-order valence-corrected chi connectivity index (χ3v) is 11.4. The minimum absolute atomic E-state index is 0.00321. The lowest BCUT2D eigenvalue weighted by Gasteiger charge is -2.67. The molecule has 1 aromatic rings. The summed E-state index contributed by atoms with van der Waals surface area (Å²) < 4.78 is 11.4. The second kappa shape index (κ2) is 8.97. The summed E-state index contributed by atoms with van der Waals surface area (Å²) in [6, 6.07) is 4.96. The first-order valence-electron chi connectivity index (χ1n) is 14.0. The van der Waals surface area contributed by atoms with Crippen LogP contribution in [0.1, 0.15) is 72.3 Å². The van der Waals surface area contributed by atoms with Gasteiger partial charge in [0.1, 0.15) is 6.10 Å². The molecule has 0 radical (unpaired) electrons. The van der Waals surface area contributed by atoms with Crippen LogP contribution in [0.5, 0.6) is 11.5 Å². The highest BCUT2D eigenvalue weighted by molar-refractivity contribution is 5.95. The van der Waals surface area contributed by atoms with E-state index >= 15 is 0 Å². The van der Waals surface area contributed by atoms with Gasteiger partial charge in [-0.25, -0.2) is 4.79 Å². The first-order valence-corrected chi connectivity index (χ1v) is 14.0. The van der Waals surface area contributed by atoms with Crippen LogP contribution in [-0.2, 0) is 14.3 Å². The summed E-state index contributed by atoms with van der Waals surface area (Å²) in [7, 11) is 1.49. The van der Waals surface area contributed by atoms with Gasteiger partial charge in [0.25, 0.3) is 0 Å². The van der Waals surface area contributed by atoms with Crippen LogP contribution < -0.4 is 4.74 Å². The monoisotopic (exact) mass is 522 g/mol. The minimum Gasteiger partial charge on any atom is -0.504 e. The number of aliphatic hydroxyl groups excluding tert-OH is 1. The Bertz CT molecular complexity index is 1200. The number of phenolic OH excluding ortho intramolecular Hbond substituents is 1. The Balaban J connectivity index is 1.50. The number of carbonyl (C=O) groups is 2. The van der Waals surface area contributed by atoms with Crippen molar-refractivity contribution in [3.63, 3.8) is 0 Å². The molecule has 206 valence electrons. The Hall–Kier alpha value is -2.60. The molecule has 8 unspecified atom stereocenters. The second-order valence-corrected chi connectivity index (χ2v) is 13.4. The van der Waals surface area contributed by atoms with Crippen LogP contribution in [0.3, 0.4) is 0 Å². The lowest BCUT2D eigenvalue weighted by Crippen LogP contribution is -2.66. The molecule has 0 aromatic heterocycles. The molecular formula is C32H42O6. The Morgan fingerprint density at radius 1 is 1.05 bits per heavy atom. The maximum absolute atomic E-state index is 13.3. The van der Waals surface area contributed by atoms with Gasteiger partial charge in [-0.2, -0.15) is 0 Å². The Morgan fingerprint density at radius 3 is 2.47 bits per heavy atom. The van der Waals surface area contributed by atoms with Crippen LogP contribution in [0.4, 0.5) is 0 Å². The summed E-state index contributed by atoms with van der Waals surface area (Å²) in [6.45, 7) is 10.9. The van der Waals surface area contributed by atoms with Crippen molar-refractivity contribution in [2.24, 2.45) is 39.4 Å². The van der Waals surface area contributed by atoms with Crippen molar-refractivity contribution in [1.82, 2.24) is 0 Å². The largest absolute Gasteiger partial charge is 0.504 e. The van der Waals surface area contributed by atoms with Gasteiger partial charge in [0.15, 0.2) is 17.3 Å². The van der Waals surface area contributed by atoms with Gasteiger partial charge in [0.2, 0.25) is 0 Å². The number of allylic oxidation sites excluding steroid dienone is 2. The molecule has 6 heteroatoms. The minimum atomic E-state index is -0.554. The number of rotatable bonds is 4. The fourth-order valence-electron chi connectivity index (χ4n) is 9.26. The zero-order chi connectivity index (χ0) is 27.7. The zero-order valence-corrected chi connectivity index (χ0v) is 23.5. The van der Waals surface area contributed by atoms with Gasteiger partial charge in [-0.1, -0.05) is 46.8 Å². The molecule has 1 aromatic carbocycles. The normalized spacial score (nSPS) is 41.3. The van der Waals surface area contributed by atoms with Crippen molar-refractivity contribution in [3.05, 3.63) is 42.0 Å². The Labute approximate surface area is 226 Å². The second-order valence-electron chi connectivity index (χ2n) is 13.4. The van der Waals surface area contributed by atoms with Crippen molar-refractivity contribution >= 4 is 17.8 Å². The number of hydrogen-bond donors (Lipinski definition) is 2. The van der Waals surface area contributed by atoms with Crippen LogP contribution in [0.25, 0.3) is 6.08 Å². The van der Waals surface area contributed by atoms with Crippen molar-refractivity contribution in [3.8, 4) is 11.5 Å². The molecule has 5 rings (SSSR count). The lowest BCUT2D eigenvalue weighted by atomic mass is 9.37. The molecule has 0 saturated heterocycles. The van der Waals surface area contributed by atoms with E-state index in [1.807, 2.05) is 13.8 Å². The van der Waals surface area contributed by atoms with E-state index in [0.717, 1.165) is 25.7 Å². The fraction of sp³-hybridized carbons (Fsp3) is 0.625. The highest BCUT2D eigenvalue weighted by Crippen LogP contribution is 2.72. The molecule has 6 nitrogen and oxygen atoms in total. The van der Waals surface area contributed by atoms with Crippen LogP contribution >= 0.6 is 0 Å². The molecule has 2 N–H and O–H groups in total. The smallest absolute Gasteiger partial charge is 0.331 e. The summed E-state index contributed by atoms with van der Waals surface area (Å²) in [6.07, 6.45) is 10.4. The Morgan fingerprint density at radius 2 is 1.79 bits per heavy atom. The third-order valence-electron chi connectivity index (χ3n) is 11.4. The highest BCUT2D eigenvalue weighted by Gasteiger charge is 2.70. The summed E-state index contributed by atoms with van der Waals surface area (Å²) in [5, 5.41) is 21.1. The number of hydrogen-bond acceptors (Lipinski definition) is 6. The van der Waals surface area contributed by atoms with Crippen LogP contribution in [0.15, 0.2) is 36.4 Å². The fourth-order valence-corrected chi connectivity index (χ4v) is 9.26. The Kier molecular flexibility index (Phi) is 6.37. The van der Waals surface area contributed by atoms with Gasteiger partial charge in [-0.15, -0.1) is 0 Å². The maximum atomic E-state index is 13.3. The molecule has 0 bridgehead atoms. The van der Waals surface area contributed by atoms with Gasteiger partial charge in [0.05, 0.1) is 13.2 Å². The maximum Gasteiger partial charge on any atom is 0.331 e. The van der Waals surface area contributed by atoms with Gasteiger partial charge in [-0.3, -0.25) is 4.79 Å². The molecule has 4 aliphatic rings. The third kappa shape index (κ3) is 3.77. The number of carbonyl (C=O) groups excluding carboxylic acids is 2. The molecule has 0 heterocycles. The average molecular weight is 523 g/mol. The summed E-state index contributed by atoms with van der Waals surface area (Å²) >= 11 is 0. The topological polar surface area (TPSA) is 93.1 Å². The van der Waals surface area contributed by atoms with Crippen LogP contribution in [-0.4, -0.2) is 41.3 Å². The van der Waals surface area contributed by atoms with Gasteiger partial charge < -0.3 is 19.7 Å². The van der Waals surface area contributed by atoms with Crippen molar-refractivity contribution in [2.75, 3.05) is 7.11 Å². The number of benzene rings is 1. The quantitative estimate of drug-likeness (QED) is 0.389. The SMILES string of the molecule is COc1ccc(C=CC(=O)OC2CC3C(C)(C)C(=O)C=CC3(C)C3CCC4(C)C(O)CCC4C23C)cc1O. The molecule has 4 aliphatic carbocycles.